The Labute approximate surface area is 183 Å². The molecule has 2 aromatic carbocycles. The lowest BCUT2D eigenvalue weighted by Gasteiger charge is -2.33. The zero-order chi connectivity index (χ0) is 21.2. The molecule has 5 rings (SSSR count). The Morgan fingerprint density at radius 3 is 2.48 bits per heavy atom. The van der Waals surface area contributed by atoms with Gasteiger partial charge in [0, 0.05) is 50.9 Å². The Hall–Kier alpha value is -3.12. The molecule has 0 radical (unpaired) electrons. The number of fused-ring (bicyclic) bond motifs is 1. The van der Waals surface area contributed by atoms with Gasteiger partial charge in [-0.2, -0.15) is 5.10 Å². The number of para-hydroxylation sites is 2. The number of piperidine rings is 1. The fourth-order valence-corrected chi connectivity index (χ4v) is 4.70. The van der Waals surface area contributed by atoms with E-state index >= 15 is 0 Å². The van der Waals surface area contributed by atoms with Crippen molar-refractivity contribution in [2.45, 2.75) is 31.8 Å². The molecule has 0 bridgehead atoms. The summed E-state index contributed by atoms with van der Waals surface area (Å²) in [7, 11) is 3.68. The average Bonchev–Trinajstić information content (AvgIpc) is 3.37. The largest absolute Gasteiger partial charge is 0.497 e. The van der Waals surface area contributed by atoms with E-state index in [0.717, 1.165) is 56.0 Å². The van der Waals surface area contributed by atoms with Gasteiger partial charge in [0.05, 0.1) is 24.3 Å². The van der Waals surface area contributed by atoms with Crippen molar-refractivity contribution >= 4 is 11.0 Å². The summed E-state index contributed by atoms with van der Waals surface area (Å²) in [5.41, 5.74) is 4.88. The summed E-state index contributed by atoms with van der Waals surface area (Å²) in [4.78, 5) is 7.56. The predicted octanol–water partition coefficient (Wildman–Crippen LogP) is 4.21. The van der Waals surface area contributed by atoms with E-state index in [1.807, 2.05) is 30.1 Å². The lowest BCUT2D eigenvalue weighted by Crippen LogP contribution is -2.34. The van der Waals surface area contributed by atoms with Gasteiger partial charge in [0.25, 0.3) is 0 Å². The van der Waals surface area contributed by atoms with Crippen molar-refractivity contribution < 1.29 is 4.74 Å². The lowest BCUT2D eigenvalue weighted by molar-refractivity contribution is 0.180. The van der Waals surface area contributed by atoms with Gasteiger partial charge in [-0.15, -0.1) is 0 Å². The number of aryl methyl sites for hydroxylation is 1. The molecule has 6 nitrogen and oxygen atoms in total. The third-order valence-corrected chi connectivity index (χ3v) is 6.28. The van der Waals surface area contributed by atoms with E-state index < -0.39 is 0 Å². The van der Waals surface area contributed by atoms with Crippen molar-refractivity contribution in [1.29, 1.82) is 0 Å². The molecule has 1 saturated heterocycles. The number of ether oxygens (including phenoxy) is 1. The van der Waals surface area contributed by atoms with E-state index in [9.17, 15) is 0 Å². The number of rotatable bonds is 6. The Morgan fingerprint density at radius 2 is 1.77 bits per heavy atom. The van der Waals surface area contributed by atoms with Gasteiger partial charge in [0.1, 0.15) is 11.6 Å². The second-order valence-corrected chi connectivity index (χ2v) is 8.44. The standard InChI is InChI=1S/C25H29N5O/c1-28-17-20(16-26-28)18-29-13-11-21(12-14-29)30-24-6-4-3-5-23(24)27-25(30)15-19-7-9-22(31-2)10-8-19/h3-10,16-17,21H,11-15,18H2,1-2H3. The van der Waals surface area contributed by atoms with E-state index in [2.05, 4.69) is 57.2 Å². The molecule has 0 amide bonds. The van der Waals surface area contributed by atoms with Crippen LogP contribution in [0.15, 0.2) is 60.9 Å². The first-order valence-electron chi connectivity index (χ1n) is 11.0. The van der Waals surface area contributed by atoms with Crippen LogP contribution >= 0.6 is 0 Å². The van der Waals surface area contributed by atoms with Crippen molar-refractivity contribution in [2.24, 2.45) is 7.05 Å². The Kier molecular flexibility index (Phi) is 5.47. The Balaban J connectivity index is 1.36. The number of hydrogen-bond acceptors (Lipinski definition) is 4. The lowest BCUT2D eigenvalue weighted by atomic mass is 10.0. The van der Waals surface area contributed by atoms with Gasteiger partial charge < -0.3 is 9.30 Å². The van der Waals surface area contributed by atoms with Gasteiger partial charge in [-0.25, -0.2) is 4.98 Å². The number of likely N-dealkylation sites (tertiary alicyclic amines) is 1. The summed E-state index contributed by atoms with van der Waals surface area (Å²) in [5, 5.41) is 4.30. The van der Waals surface area contributed by atoms with Gasteiger partial charge in [0.15, 0.2) is 0 Å². The number of nitrogens with zero attached hydrogens (tertiary/aromatic N) is 5. The summed E-state index contributed by atoms with van der Waals surface area (Å²) in [5.74, 6) is 2.04. The molecule has 0 unspecified atom stereocenters. The van der Waals surface area contributed by atoms with Crippen molar-refractivity contribution in [3.8, 4) is 5.75 Å². The molecular weight excluding hydrogens is 386 g/mol. The minimum absolute atomic E-state index is 0.478. The summed E-state index contributed by atoms with van der Waals surface area (Å²) in [6, 6.07) is 17.3. The third kappa shape index (κ3) is 4.21. The van der Waals surface area contributed by atoms with Crippen molar-refractivity contribution in [3.05, 3.63) is 77.9 Å². The molecule has 0 saturated carbocycles. The molecule has 4 aromatic rings. The van der Waals surface area contributed by atoms with Crippen LogP contribution in [0.5, 0.6) is 5.75 Å². The molecular formula is C25H29N5O. The minimum Gasteiger partial charge on any atom is -0.497 e. The van der Waals surface area contributed by atoms with E-state index in [1.165, 1.54) is 16.6 Å². The van der Waals surface area contributed by atoms with Crippen LogP contribution in [-0.2, 0) is 20.0 Å². The zero-order valence-corrected chi connectivity index (χ0v) is 18.2. The molecule has 2 aromatic heterocycles. The topological polar surface area (TPSA) is 48.1 Å². The smallest absolute Gasteiger partial charge is 0.118 e. The SMILES string of the molecule is COc1ccc(Cc2nc3ccccc3n2C2CCN(Cc3cnn(C)c3)CC2)cc1. The van der Waals surface area contributed by atoms with Crippen LogP contribution in [0.1, 0.15) is 35.8 Å². The molecule has 31 heavy (non-hydrogen) atoms. The van der Waals surface area contributed by atoms with Crippen LogP contribution in [0, 0.1) is 0 Å². The van der Waals surface area contributed by atoms with Crippen LogP contribution < -0.4 is 4.74 Å². The highest BCUT2D eigenvalue weighted by Gasteiger charge is 2.24. The molecule has 0 atom stereocenters. The number of aromatic nitrogens is 4. The summed E-state index contributed by atoms with van der Waals surface area (Å²) < 4.78 is 9.69. The fourth-order valence-electron chi connectivity index (χ4n) is 4.70. The van der Waals surface area contributed by atoms with Crippen molar-refractivity contribution in [3.63, 3.8) is 0 Å². The monoisotopic (exact) mass is 415 g/mol. The number of imidazole rings is 1. The predicted molar refractivity (Wildman–Crippen MR) is 122 cm³/mol. The first-order valence-corrected chi connectivity index (χ1v) is 11.0. The summed E-state index contributed by atoms with van der Waals surface area (Å²) >= 11 is 0. The first-order chi connectivity index (χ1) is 15.2. The van der Waals surface area contributed by atoms with Gasteiger partial charge in [-0.05, 0) is 42.7 Å². The molecule has 0 aliphatic carbocycles. The van der Waals surface area contributed by atoms with E-state index in [4.69, 9.17) is 9.72 Å². The molecule has 3 heterocycles. The van der Waals surface area contributed by atoms with Gasteiger partial charge in [0.2, 0.25) is 0 Å². The second kappa shape index (κ2) is 8.55. The van der Waals surface area contributed by atoms with Gasteiger partial charge in [-0.1, -0.05) is 24.3 Å². The minimum atomic E-state index is 0.478. The first kappa shape index (κ1) is 19.8. The molecule has 160 valence electrons. The van der Waals surface area contributed by atoms with Gasteiger partial charge >= 0.3 is 0 Å². The number of methoxy groups -OCH3 is 1. The maximum Gasteiger partial charge on any atom is 0.118 e. The van der Waals surface area contributed by atoms with Crippen LogP contribution in [-0.4, -0.2) is 44.4 Å². The Bertz CT molecular complexity index is 1150. The zero-order valence-electron chi connectivity index (χ0n) is 18.2. The molecule has 0 N–H and O–H groups in total. The van der Waals surface area contributed by atoms with E-state index in [-0.39, 0.29) is 0 Å². The summed E-state index contributed by atoms with van der Waals surface area (Å²) in [6.07, 6.45) is 7.19. The van der Waals surface area contributed by atoms with Crippen LogP contribution in [0.25, 0.3) is 11.0 Å². The quantitative estimate of drug-likeness (QED) is 0.473. The highest BCUT2D eigenvalue weighted by molar-refractivity contribution is 5.76. The van der Waals surface area contributed by atoms with E-state index in [0.29, 0.717) is 6.04 Å². The molecule has 6 heteroatoms. The van der Waals surface area contributed by atoms with Crippen molar-refractivity contribution in [1.82, 2.24) is 24.2 Å². The number of benzene rings is 2. The highest BCUT2D eigenvalue weighted by Crippen LogP contribution is 2.30. The molecule has 0 spiro atoms. The average molecular weight is 416 g/mol. The van der Waals surface area contributed by atoms with Crippen molar-refractivity contribution in [2.75, 3.05) is 20.2 Å². The molecule has 1 fully saturated rings. The van der Waals surface area contributed by atoms with Crippen LogP contribution in [0.2, 0.25) is 0 Å². The number of hydrogen-bond donors (Lipinski definition) is 0. The molecule has 1 aliphatic heterocycles. The fraction of sp³-hybridized carbons (Fsp3) is 0.360. The maximum absolute atomic E-state index is 5.31. The van der Waals surface area contributed by atoms with E-state index in [1.54, 1.807) is 7.11 Å². The molecule has 1 aliphatic rings. The normalized spacial score (nSPS) is 15.5. The highest BCUT2D eigenvalue weighted by atomic mass is 16.5. The van der Waals surface area contributed by atoms with Crippen LogP contribution in [0.3, 0.4) is 0 Å². The third-order valence-electron chi connectivity index (χ3n) is 6.28. The maximum atomic E-state index is 5.31. The second-order valence-electron chi connectivity index (χ2n) is 8.44. The summed E-state index contributed by atoms with van der Waals surface area (Å²) in [6.45, 7) is 3.16. The van der Waals surface area contributed by atoms with Gasteiger partial charge in [-0.3, -0.25) is 9.58 Å². The van der Waals surface area contributed by atoms with Crippen LogP contribution in [0.4, 0.5) is 0 Å². The Morgan fingerprint density at radius 1 is 1.00 bits per heavy atom.